The van der Waals surface area contributed by atoms with Crippen molar-refractivity contribution in [1.29, 1.82) is 0 Å². The van der Waals surface area contributed by atoms with Gasteiger partial charge in [-0.15, -0.1) is 4.40 Å². The number of hydrogen-bond donors (Lipinski definition) is 1. The summed E-state index contributed by atoms with van der Waals surface area (Å²) < 4.78 is 27.2. The van der Waals surface area contributed by atoms with E-state index in [2.05, 4.69) is 14.4 Å². The molecule has 0 aliphatic carbocycles. The smallest absolute Gasteiger partial charge is 0.347 e. The molecule has 1 aromatic rings. The molecule has 7 nitrogen and oxygen atoms in total. The van der Waals surface area contributed by atoms with Gasteiger partial charge in [0.2, 0.25) is 0 Å². The third-order valence-electron chi connectivity index (χ3n) is 1.98. The van der Waals surface area contributed by atoms with Crippen molar-refractivity contribution in [2.24, 2.45) is 10.1 Å². The first kappa shape index (κ1) is 9.84. The summed E-state index contributed by atoms with van der Waals surface area (Å²) in [5, 5.41) is 0. The fourth-order valence-corrected chi connectivity index (χ4v) is 2.01. The molecule has 2 N–H and O–H groups in total. The lowest BCUT2D eigenvalue weighted by molar-refractivity contribution is 0.595. The summed E-state index contributed by atoms with van der Waals surface area (Å²) >= 11 is 0. The molecule has 0 spiro atoms. The average molecular weight is 227 g/mol. The zero-order chi connectivity index (χ0) is 11.2. The van der Waals surface area contributed by atoms with E-state index in [9.17, 15) is 8.42 Å². The Bertz CT molecular complexity index is 550. The summed E-state index contributed by atoms with van der Waals surface area (Å²) in [6.07, 6.45) is 1.51. The molecule has 0 aromatic carbocycles. The Hall–Kier alpha value is -1.70. The minimum Gasteiger partial charge on any atom is -0.381 e. The van der Waals surface area contributed by atoms with Crippen LogP contribution in [0.2, 0.25) is 0 Å². The van der Waals surface area contributed by atoms with Crippen molar-refractivity contribution in [3.05, 3.63) is 17.6 Å². The van der Waals surface area contributed by atoms with Gasteiger partial charge < -0.3 is 5.73 Å². The van der Waals surface area contributed by atoms with Crippen LogP contribution in [-0.2, 0) is 10.2 Å². The normalized spacial score (nSPS) is 18.3. The molecule has 0 bridgehead atoms. The van der Waals surface area contributed by atoms with Crippen LogP contribution in [0.4, 0.5) is 5.82 Å². The molecule has 0 radical (unpaired) electrons. The van der Waals surface area contributed by atoms with E-state index in [-0.39, 0.29) is 17.3 Å². The molecular formula is C7H9N5O2S. The van der Waals surface area contributed by atoms with Crippen LogP contribution in [-0.4, -0.2) is 31.3 Å². The van der Waals surface area contributed by atoms with Crippen LogP contribution in [0.3, 0.4) is 0 Å². The Labute approximate surface area is 86.9 Å². The number of aromatic nitrogens is 2. The standard InChI is InChI=1S/C7H9N5O2S/c1-4-3-9-5-6(8)11-15(13,14)12(2)7(5)10-4/h3H,1-2H3,(H2,8,11). The number of aryl methyl sites for hydroxylation is 1. The summed E-state index contributed by atoms with van der Waals surface area (Å²) in [6, 6.07) is 0. The van der Waals surface area contributed by atoms with E-state index in [1.165, 1.54) is 13.2 Å². The molecule has 15 heavy (non-hydrogen) atoms. The van der Waals surface area contributed by atoms with Gasteiger partial charge in [0.05, 0.1) is 5.69 Å². The average Bonchev–Trinajstić information content (AvgIpc) is 2.13. The third kappa shape index (κ3) is 1.42. The van der Waals surface area contributed by atoms with Gasteiger partial charge >= 0.3 is 10.2 Å². The number of hydrogen-bond acceptors (Lipinski definition) is 5. The fraction of sp³-hybridized carbons (Fsp3) is 0.286. The van der Waals surface area contributed by atoms with Crippen molar-refractivity contribution in [2.75, 3.05) is 11.4 Å². The quantitative estimate of drug-likeness (QED) is 0.624. The van der Waals surface area contributed by atoms with Gasteiger partial charge in [0.1, 0.15) is 5.69 Å². The van der Waals surface area contributed by atoms with E-state index in [4.69, 9.17) is 5.73 Å². The van der Waals surface area contributed by atoms with Gasteiger partial charge in [-0.3, -0.25) is 0 Å². The number of amidine groups is 1. The van der Waals surface area contributed by atoms with Gasteiger partial charge in [0.25, 0.3) is 0 Å². The van der Waals surface area contributed by atoms with Crippen molar-refractivity contribution in [3.63, 3.8) is 0 Å². The highest BCUT2D eigenvalue weighted by Gasteiger charge is 2.29. The predicted octanol–water partition coefficient (Wildman–Crippen LogP) is -0.815. The van der Waals surface area contributed by atoms with Crippen molar-refractivity contribution in [2.45, 2.75) is 6.92 Å². The maximum absolute atomic E-state index is 11.5. The lowest BCUT2D eigenvalue weighted by Crippen LogP contribution is -2.35. The van der Waals surface area contributed by atoms with Crippen LogP contribution in [0.1, 0.15) is 11.4 Å². The van der Waals surface area contributed by atoms with E-state index < -0.39 is 10.2 Å². The summed E-state index contributed by atoms with van der Waals surface area (Å²) in [6.45, 7) is 1.72. The Morgan fingerprint density at radius 3 is 2.80 bits per heavy atom. The molecule has 0 amide bonds. The molecule has 0 saturated heterocycles. The van der Waals surface area contributed by atoms with E-state index in [1.54, 1.807) is 6.92 Å². The van der Waals surface area contributed by atoms with E-state index in [0.717, 1.165) is 4.31 Å². The van der Waals surface area contributed by atoms with E-state index in [0.29, 0.717) is 5.69 Å². The van der Waals surface area contributed by atoms with E-state index >= 15 is 0 Å². The summed E-state index contributed by atoms with van der Waals surface area (Å²) in [4.78, 5) is 8.06. The van der Waals surface area contributed by atoms with Crippen LogP contribution in [0.15, 0.2) is 10.6 Å². The Morgan fingerprint density at radius 1 is 1.47 bits per heavy atom. The van der Waals surface area contributed by atoms with Crippen LogP contribution in [0.5, 0.6) is 0 Å². The lowest BCUT2D eigenvalue weighted by Gasteiger charge is -2.21. The highest BCUT2D eigenvalue weighted by molar-refractivity contribution is 7.91. The monoisotopic (exact) mass is 227 g/mol. The van der Waals surface area contributed by atoms with Gasteiger partial charge in [0.15, 0.2) is 11.7 Å². The van der Waals surface area contributed by atoms with Gasteiger partial charge in [-0.2, -0.15) is 8.42 Å². The van der Waals surface area contributed by atoms with Crippen molar-refractivity contribution in [1.82, 2.24) is 9.97 Å². The number of fused-ring (bicyclic) bond motifs is 1. The predicted molar refractivity (Wildman–Crippen MR) is 54.8 cm³/mol. The van der Waals surface area contributed by atoms with Crippen LogP contribution < -0.4 is 10.0 Å². The molecule has 1 aliphatic rings. The number of anilines is 1. The molecule has 1 aliphatic heterocycles. The molecule has 8 heteroatoms. The molecule has 2 rings (SSSR count). The number of nitrogens with two attached hydrogens (primary N) is 1. The largest absolute Gasteiger partial charge is 0.381 e. The molecule has 80 valence electrons. The zero-order valence-corrected chi connectivity index (χ0v) is 8.98. The number of nitrogens with zero attached hydrogens (tertiary/aromatic N) is 4. The first-order chi connectivity index (χ1) is 6.92. The summed E-state index contributed by atoms with van der Waals surface area (Å²) in [5.41, 5.74) is 6.38. The Balaban J connectivity index is 2.76. The number of rotatable bonds is 0. The SMILES string of the molecule is Cc1cnc2c(n1)N(C)S(=O)(=O)N=C2N. The molecule has 0 saturated carbocycles. The topological polar surface area (TPSA) is 102 Å². The molecule has 1 aromatic heterocycles. The molecule has 2 heterocycles. The van der Waals surface area contributed by atoms with Crippen LogP contribution in [0, 0.1) is 6.92 Å². The van der Waals surface area contributed by atoms with Gasteiger partial charge in [-0.1, -0.05) is 0 Å². The fourth-order valence-electron chi connectivity index (χ4n) is 1.20. The highest BCUT2D eigenvalue weighted by Crippen LogP contribution is 2.22. The minimum atomic E-state index is -3.75. The maximum Gasteiger partial charge on any atom is 0.347 e. The van der Waals surface area contributed by atoms with Gasteiger partial charge in [-0.05, 0) is 6.92 Å². The van der Waals surface area contributed by atoms with Crippen molar-refractivity contribution >= 4 is 21.9 Å². The zero-order valence-electron chi connectivity index (χ0n) is 8.17. The first-order valence-corrected chi connectivity index (χ1v) is 5.50. The van der Waals surface area contributed by atoms with Crippen molar-refractivity contribution in [3.8, 4) is 0 Å². The molecule has 0 unspecified atom stereocenters. The van der Waals surface area contributed by atoms with Gasteiger partial charge in [0, 0.05) is 13.2 Å². The summed E-state index contributed by atoms with van der Waals surface area (Å²) in [7, 11) is -2.39. The van der Waals surface area contributed by atoms with Crippen molar-refractivity contribution < 1.29 is 8.42 Å². The lowest BCUT2D eigenvalue weighted by atomic mass is 10.3. The first-order valence-electron chi connectivity index (χ1n) is 4.10. The van der Waals surface area contributed by atoms with Crippen LogP contribution >= 0.6 is 0 Å². The highest BCUT2D eigenvalue weighted by atomic mass is 32.2. The second kappa shape index (κ2) is 2.89. The molecule has 0 atom stereocenters. The Morgan fingerprint density at radius 2 is 2.13 bits per heavy atom. The maximum atomic E-state index is 11.5. The second-order valence-corrected chi connectivity index (χ2v) is 4.73. The third-order valence-corrected chi connectivity index (χ3v) is 3.27. The Kier molecular flexibility index (Phi) is 1.90. The van der Waals surface area contributed by atoms with Crippen LogP contribution in [0.25, 0.3) is 0 Å². The van der Waals surface area contributed by atoms with Gasteiger partial charge in [-0.25, -0.2) is 14.3 Å². The van der Waals surface area contributed by atoms with E-state index in [1.807, 2.05) is 0 Å². The second-order valence-electron chi connectivity index (χ2n) is 3.11. The molecule has 0 fully saturated rings. The summed E-state index contributed by atoms with van der Waals surface area (Å²) in [5.74, 6) is 0.0816. The molecular weight excluding hydrogens is 218 g/mol. The minimum absolute atomic E-state index is 0.129.